The van der Waals surface area contributed by atoms with Crippen LogP contribution in [-0.2, 0) is 15.1 Å². The first kappa shape index (κ1) is 18.0. The summed E-state index contributed by atoms with van der Waals surface area (Å²) in [4.78, 5) is 14.4. The van der Waals surface area contributed by atoms with E-state index in [0.717, 1.165) is 44.7 Å². The third-order valence-corrected chi connectivity index (χ3v) is 6.87. The zero-order chi connectivity index (χ0) is 18.1. The summed E-state index contributed by atoms with van der Waals surface area (Å²) in [6.07, 6.45) is 5.88. The molecule has 3 fully saturated rings. The Bertz CT molecular complexity index is 642. The summed E-state index contributed by atoms with van der Waals surface area (Å²) >= 11 is 0. The number of nitrogens with zero attached hydrogens (tertiary/aromatic N) is 1. The van der Waals surface area contributed by atoms with Crippen molar-refractivity contribution in [3.8, 4) is 0 Å². The van der Waals surface area contributed by atoms with Gasteiger partial charge >= 0.3 is 0 Å². The van der Waals surface area contributed by atoms with Crippen molar-refractivity contribution in [2.24, 2.45) is 17.6 Å². The molecule has 3 aliphatic rings. The predicted octanol–water partition coefficient (Wildman–Crippen LogP) is 2.54. The van der Waals surface area contributed by atoms with Crippen LogP contribution in [0.2, 0.25) is 0 Å². The summed E-state index contributed by atoms with van der Waals surface area (Å²) < 4.78 is 11.9. The van der Waals surface area contributed by atoms with Crippen LogP contribution in [0.4, 0.5) is 0 Å². The summed E-state index contributed by atoms with van der Waals surface area (Å²) in [5.74, 6) is 0.528. The van der Waals surface area contributed by atoms with Gasteiger partial charge in [0, 0.05) is 56.9 Å². The van der Waals surface area contributed by atoms with E-state index in [2.05, 4.69) is 11.0 Å². The van der Waals surface area contributed by atoms with Gasteiger partial charge in [0.2, 0.25) is 5.91 Å². The molecule has 0 spiro atoms. The van der Waals surface area contributed by atoms with Crippen molar-refractivity contribution >= 4 is 5.91 Å². The van der Waals surface area contributed by atoms with Gasteiger partial charge in [-0.3, -0.25) is 9.69 Å². The van der Waals surface area contributed by atoms with Crippen LogP contribution in [0.3, 0.4) is 0 Å². The average molecular weight is 358 g/mol. The quantitative estimate of drug-likeness (QED) is 0.898. The number of primary amides is 1. The maximum atomic E-state index is 11.7. The van der Waals surface area contributed by atoms with Crippen LogP contribution in [0, 0.1) is 11.8 Å². The normalized spacial score (nSPS) is 33.1. The molecule has 26 heavy (non-hydrogen) atoms. The molecule has 2 N–H and O–H groups in total. The van der Waals surface area contributed by atoms with E-state index in [9.17, 15) is 4.79 Å². The Morgan fingerprint density at radius 1 is 1.19 bits per heavy atom. The van der Waals surface area contributed by atoms with E-state index in [4.69, 9.17) is 15.2 Å². The van der Waals surface area contributed by atoms with E-state index < -0.39 is 0 Å². The van der Waals surface area contributed by atoms with Gasteiger partial charge in [0.15, 0.2) is 0 Å². The summed E-state index contributed by atoms with van der Waals surface area (Å²) in [7, 11) is 1.84. The molecule has 142 valence electrons. The molecule has 4 rings (SSSR count). The Morgan fingerprint density at radius 2 is 1.88 bits per heavy atom. The second-order valence-electron chi connectivity index (χ2n) is 8.06. The molecule has 1 aromatic carbocycles. The molecular weight excluding hydrogens is 328 g/mol. The first-order valence-electron chi connectivity index (χ1n) is 9.92. The first-order chi connectivity index (χ1) is 12.6. The molecule has 3 atom stereocenters. The number of rotatable bonds is 4. The average Bonchev–Trinajstić information content (AvgIpc) is 2.67. The number of hydrogen-bond acceptors (Lipinski definition) is 4. The summed E-state index contributed by atoms with van der Waals surface area (Å²) in [5.41, 5.74) is 6.93. The SMILES string of the molecule is CO[C@@]1(c2cccc(C(N)=O)c2)[C@@H]2CCC[C@H]1CN(C1CCOCC1)C2. The molecule has 5 nitrogen and oxygen atoms in total. The van der Waals surface area contributed by atoms with Gasteiger partial charge in [-0.1, -0.05) is 18.6 Å². The highest BCUT2D eigenvalue weighted by atomic mass is 16.5. The molecular formula is C21H30N2O3. The Balaban J connectivity index is 1.66. The number of amides is 1. The molecule has 2 bridgehead atoms. The minimum atomic E-state index is -0.372. The molecule has 0 aromatic heterocycles. The van der Waals surface area contributed by atoms with Crippen molar-refractivity contribution in [1.29, 1.82) is 0 Å². The smallest absolute Gasteiger partial charge is 0.248 e. The van der Waals surface area contributed by atoms with Crippen LogP contribution in [-0.4, -0.2) is 50.3 Å². The third-order valence-electron chi connectivity index (χ3n) is 6.87. The van der Waals surface area contributed by atoms with Gasteiger partial charge < -0.3 is 15.2 Å². The monoisotopic (exact) mass is 358 g/mol. The van der Waals surface area contributed by atoms with Gasteiger partial charge in [-0.15, -0.1) is 0 Å². The van der Waals surface area contributed by atoms with E-state index in [0.29, 0.717) is 23.4 Å². The second kappa shape index (κ2) is 7.29. The highest BCUT2D eigenvalue weighted by Gasteiger charge is 2.53. The van der Waals surface area contributed by atoms with Crippen LogP contribution in [0.1, 0.15) is 48.0 Å². The largest absolute Gasteiger partial charge is 0.381 e. The third kappa shape index (κ3) is 2.96. The van der Waals surface area contributed by atoms with Crippen molar-refractivity contribution in [3.05, 3.63) is 35.4 Å². The van der Waals surface area contributed by atoms with Gasteiger partial charge in [0.1, 0.15) is 5.60 Å². The number of nitrogens with two attached hydrogens (primary N) is 1. The van der Waals surface area contributed by atoms with Crippen LogP contribution in [0.25, 0.3) is 0 Å². The molecule has 1 saturated carbocycles. The lowest BCUT2D eigenvalue weighted by molar-refractivity contribution is -0.177. The second-order valence-corrected chi connectivity index (χ2v) is 8.06. The van der Waals surface area contributed by atoms with E-state index in [1.807, 2.05) is 19.2 Å². The summed E-state index contributed by atoms with van der Waals surface area (Å²) in [5, 5.41) is 0. The van der Waals surface area contributed by atoms with Crippen LogP contribution >= 0.6 is 0 Å². The highest BCUT2D eigenvalue weighted by molar-refractivity contribution is 5.92. The fraction of sp³-hybridized carbons (Fsp3) is 0.667. The van der Waals surface area contributed by atoms with Crippen molar-refractivity contribution in [2.45, 2.75) is 43.7 Å². The summed E-state index contributed by atoms with van der Waals surface area (Å²) in [6, 6.07) is 8.45. The molecule has 2 saturated heterocycles. The summed E-state index contributed by atoms with van der Waals surface area (Å²) in [6.45, 7) is 3.89. The van der Waals surface area contributed by atoms with Crippen molar-refractivity contribution in [2.75, 3.05) is 33.4 Å². The maximum Gasteiger partial charge on any atom is 0.248 e. The number of carbonyl (C=O) groups excluding carboxylic acids is 1. The van der Waals surface area contributed by atoms with Gasteiger partial charge in [0.25, 0.3) is 0 Å². The zero-order valence-corrected chi connectivity index (χ0v) is 15.7. The minimum Gasteiger partial charge on any atom is -0.381 e. The fourth-order valence-corrected chi connectivity index (χ4v) is 5.65. The van der Waals surface area contributed by atoms with Gasteiger partial charge in [-0.05, 0) is 43.4 Å². The molecule has 5 heteroatoms. The molecule has 0 unspecified atom stereocenters. The van der Waals surface area contributed by atoms with Crippen molar-refractivity contribution < 1.29 is 14.3 Å². The van der Waals surface area contributed by atoms with E-state index >= 15 is 0 Å². The lowest BCUT2D eigenvalue weighted by Gasteiger charge is -2.57. The van der Waals surface area contributed by atoms with E-state index in [1.54, 1.807) is 6.07 Å². The van der Waals surface area contributed by atoms with E-state index in [-0.39, 0.29) is 11.5 Å². The number of hydrogen-bond donors (Lipinski definition) is 1. The number of piperidine rings is 1. The van der Waals surface area contributed by atoms with Crippen molar-refractivity contribution in [3.63, 3.8) is 0 Å². The molecule has 1 aromatic rings. The number of carbonyl (C=O) groups is 1. The van der Waals surface area contributed by atoms with Crippen molar-refractivity contribution in [1.82, 2.24) is 4.90 Å². The molecule has 2 aliphatic heterocycles. The van der Waals surface area contributed by atoms with Crippen LogP contribution in [0.15, 0.2) is 24.3 Å². The lowest BCUT2D eigenvalue weighted by atomic mass is 9.62. The molecule has 1 amide bonds. The Hall–Kier alpha value is -1.43. The first-order valence-corrected chi connectivity index (χ1v) is 9.92. The minimum absolute atomic E-state index is 0.300. The topological polar surface area (TPSA) is 64.8 Å². The highest BCUT2D eigenvalue weighted by Crippen LogP contribution is 2.52. The molecule has 1 aliphatic carbocycles. The predicted molar refractivity (Wildman–Crippen MR) is 99.9 cm³/mol. The fourth-order valence-electron chi connectivity index (χ4n) is 5.65. The number of ether oxygens (including phenoxy) is 2. The lowest BCUT2D eigenvalue weighted by Crippen LogP contribution is -2.61. The number of fused-ring (bicyclic) bond motifs is 2. The Morgan fingerprint density at radius 3 is 2.50 bits per heavy atom. The van der Waals surface area contributed by atoms with Crippen LogP contribution < -0.4 is 5.73 Å². The number of methoxy groups -OCH3 is 1. The van der Waals surface area contributed by atoms with Gasteiger partial charge in [0.05, 0.1) is 0 Å². The Labute approximate surface area is 155 Å². The van der Waals surface area contributed by atoms with E-state index in [1.165, 1.54) is 19.3 Å². The number of likely N-dealkylation sites (tertiary alicyclic amines) is 1. The van der Waals surface area contributed by atoms with Gasteiger partial charge in [-0.25, -0.2) is 0 Å². The standard InChI is InChI=1S/C21H30N2O3/c1-25-21(16-5-2-4-15(12-16)20(22)24)17-6-3-7-18(21)14-23(13-17)19-8-10-26-11-9-19/h2,4-5,12,17-19H,3,6-11,13-14H2,1H3,(H2,22,24)/t17-,18+,21+. The molecule has 0 radical (unpaired) electrons. The zero-order valence-electron chi connectivity index (χ0n) is 15.7. The van der Waals surface area contributed by atoms with Gasteiger partial charge in [-0.2, -0.15) is 0 Å². The molecule has 2 heterocycles. The van der Waals surface area contributed by atoms with Crippen LogP contribution in [0.5, 0.6) is 0 Å². The maximum absolute atomic E-state index is 11.7. The number of benzene rings is 1. The Kier molecular flexibility index (Phi) is 5.04.